The van der Waals surface area contributed by atoms with Crippen LogP contribution in [-0.2, 0) is 22.1 Å². The maximum Gasteiger partial charge on any atom is 0.287 e. The van der Waals surface area contributed by atoms with E-state index in [4.69, 9.17) is 0 Å². The van der Waals surface area contributed by atoms with E-state index in [-0.39, 0.29) is 31.1 Å². The first-order valence-corrected chi connectivity index (χ1v) is 13.3. The number of aromatic nitrogens is 4. The summed E-state index contributed by atoms with van der Waals surface area (Å²) in [5, 5.41) is 3.13. The quantitative estimate of drug-likeness (QED) is 0.309. The molecule has 1 N–H and O–H groups in total. The van der Waals surface area contributed by atoms with Gasteiger partial charge in [-0.2, -0.15) is 8.78 Å². The molecule has 4 aromatic rings. The van der Waals surface area contributed by atoms with E-state index in [9.17, 15) is 27.6 Å². The molecule has 0 spiro atoms. The zero-order chi connectivity index (χ0) is 30.3. The Bertz CT molecular complexity index is 1700. The van der Waals surface area contributed by atoms with Crippen LogP contribution in [0.15, 0.2) is 48.9 Å². The Hall–Kier alpha value is -4.61. The smallest absolute Gasteiger partial charge is 0.287 e. The van der Waals surface area contributed by atoms with Crippen LogP contribution in [0.1, 0.15) is 47.7 Å². The molecule has 0 aliphatic carbocycles. The van der Waals surface area contributed by atoms with E-state index >= 15 is 0 Å². The van der Waals surface area contributed by atoms with E-state index in [1.54, 1.807) is 43.1 Å². The highest BCUT2D eigenvalue weighted by Crippen LogP contribution is 2.30. The third-order valence-corrected chi connectivity index (χ3v) is 7.34. The highest BCUT2D eigenvalue weighted by atomic mass is 19.3. The number of carbonyl (C=O) groups is 3. The molecule has 12 heteroatoms. The van der Waals surface area contributed by atoms with Crippen molar-refractivity contribution in [1.82, 2.24) is 24.4 Å². The fraction of sp³-hybridized carbons (Fsp3) is 0.333. The van der Waals surface area contributed by atoms with E-state index in [0.717, 1.165) is 16.0 Å². The largest absolute Gasteiger partial charge is 0.337 e. The molecule has 3 aromatic heterocycles. The Balaban J connectivity index is 1.40. The van der Waals surface area contributed by atoms with E-state index in [2.05, 4.69) is 20.3 Å². The van der Waals surface area contributed by atoms with E-state index < -0.39 is 35.6 Å². The van der Waals surface area contributed by atoms with Crippen molar-refractivity contribution < 1.29 is 27.6 Å². The van der Waals surface area contributed by atoms with Crippen molar-refractivity contribution in [3.05, 3.63) is 71.6 Å². The number of likely N-dealkylation sites (tertiary alicyclic amines) is 1. The average molecular weight is 579 g/mol. The number of alkyl halides is 3. The van der Waals surface area contributed by atoms with Gasteiger partial charge in [-0.15, -0.1) is 0 Å². The van der Waals surface area contributed by atoms with Gasteiger partial charge in [-0.3, -0.25) is 14.4 Å². The van der Waals surface area contributed by atoms with Gasteiger partial charge < -0.3 is 14.8 Å². The third-order valence-electron chi connectivity index (χ3n) is 7.34. The summed E-state index contributed by atoms with van der Waals surface area (Å²) in [5.41, 5.74) is 2.49. The number of benzene rings is 1. The summed E-state index contributed by atoms with van der Waals surface area (Å²) in [6, 6.07) is 6.85. The lowest BCUT2D eigenvalue weighted by Crippen LogP contribution is -2.44. The van der Waals surface area contributed by atoms with Gasteiger partial charge in [-0.05, 0) is 50.1 Å². The standard InChI is InChI=1S/C30H29F3N6O3/c1-16-5-8-26(30(4,32)33)36-28(16)37-29(42)25-10-21(31)13-39(25)27(41)15-38-14-23(17(2)40)22-9-19(6-7-24(22)38)20-11-34-18(3)35-12-20/h5-9,11-12,14,21,25H,10,13,15H2,1-4H3,(H,36,37,42)/t21-,25+/m1/s1. The molecular formula is C30H29F3N6O3. The zero-order valence-electron chi connectivity index (χ0n) is 23.5. The number of rotatable bonds is 7. The molecule has 2 amide bonds. The SMILES string of the molecule is CC(=O)c1cn(CC(=O)N2C[C@H](F)C[C@H]2C(=O)Nc2nc(C(C)(F)F)ccc2C)c2ccc(-c3cnc(C)nc3)cc12. The Labute approximate surface area is 239 Å². The van der Waals surface area contributed by atoms with Crippen molar-refractivity contribution in [1.29, 1.82) is 0 Å². The number of pyridine rings is 1. The number of hydrogen-bond acceptors (Lipinski definition) is 6. The van der Waals surface area contributed by atoms with Crippen LogP contribution in [-0.4, -0.2) is 60.8 Å². The number of amides is 2. The van der Waals surface area contributed by atoms with Crippen LogP contribution in [0.3, 0.4) is 0 Å². The fourth-order valence-corrected chi connectivity index (χ4v) is 5.07. The predicted molar refractivity (Wildman–Crippen MR) is 150 cm³/mol. The number of fused-ring (bicyclic) bond motifs is 1. The lowest BCUT2D eigenvalue weighted by molar-refractivity contribution is -0.137. The molecule has 42 heavy (non-hydrogen) atoms. The molecule has 0 bridgehead atoms. The van der Waals surface area contributed by atoms with Crippen LogP contribution in [0.5, 0.6) is 0 Å². The summed E-state index contributed by atoms with van der Waals surface area (Å²) in [5.74, 6) is -4.13. The molecule has 0 unspecified atom stereocenters. The second kappa shape index (κ2) is 11.0. The van der Waals surface area contributed by atoms with Gasteiger partial charge in [0.2, 0.25) is 11.8 Å². The van der Waals surface area contributed by atoms with Crippen LogP contribution in [0, 0.1) is 13.8 Å². The molecule has 1 aromatic carbocycles. The predicted octanol–water partition coefficient (Wildman–Crippen LogP) is 5.00. The monoisotopic (exact) mass is 578 g/mol. The highest BCUT2D eigenvalue weighted by molar-refractivity contribution is 6.08. The van der Waals surface area contributed by atoms with Gasteiger partial charge in [0.25, 0.3) is 5.92 Å². The molecular weight excluding hydrogens is 549 g/mol. The van der Waals surface area contributed by atoms with Crippen LogP contribution >= 0.6 is 0 Å². The van der Waals surface area contributed by atoms with Crippen molar-refractivity contribution in [3.8, 4) is 11.1 Å². The Morgan fingerprint density at radius 1 is 1.07 bits per heavy atom. The summed E-state index contributed by atoms with van der Waals surface area (Å²) >= 11 is 0. The number of nitrogens with zero attached hydrogens (tertiary/aromatic N) is 5. The van der Waals surface area contributed by atoms with Crippen molar-refractivity contribution >= 4 is 34.3 Å². The summed E-state index contributed by atoms with van der Waals surface area (Å²) in [6.45, 7) is 4.95. The maximum absolute atomic E-state index is 14.6. The minimum atomic E-state index is -3.22. The van der Waals surface area contributed by atoms with Crippen molar-refractivity contribution in [2.45, 2.75) is 58.8 Å². The van der Waals surface area contributed by atoms with E-state index in [1.165, 1.54) is 19.1 Å². The Morgan fingerprint density at radius 3 is 2.45 bits per heavy atom. The topological polar surface area (TPSA) is 110 Å². The molecule has 1 saturated heterocycles. The molecule has 1 aliphatic rings. The molecule has 0 radical (unpaired) electrons. The second-order valence-corrected chi connectivity index (χ2v) is 10.6. The minimum absolute atomic E-state index is 0.0778. The van der Waals surface area contributed by atoms with Gasteiger partial charge in [-0.1, -0.05) is 12.1 Å². The van der Waals surface area contributed by atoms with Gasteiger partial charge in [0.05, 0.1) is 6.54 Å². The second-order valence-electron chi connectivity index (χ2n) is 10.6. The lowest BCUT2D eigenvalue weighted by Gasteiger charge is -2.24. The molecule has 5 rings (SSSR count). The fourth-order valence-electron chi connectivity index (χ4n) is 5.07. The molecule has 0 saturated carbocycles. The molecule has 1 aliphatic heterocycles. The van der Waals surface area contributed by atoms with E-state index in [0.29, 0.717) is 34.8 Å². The normalized spacial score (nSPS) is 17.1. The van der Waals surface area contributed by atoms with Crippen molar-refractivity contribution in [2.24, 2.45) is 0 Å². The van der Waals surface area contributed by atoms with Crippen LogP contribution in [0.4, 0.5) is 19.0 Å². The van der Waals surface area contributed by atoms with Gasteiger partial charge >= 0.3 is 0 Å². The average Bonchev–Trinajstić information content (AvgIpc) is 3.50. The van der Waals surface area contributed by atoms with Gasteiger partial charge in [0.1, 0.15) is 36.1 Å². The first kappa shape index (κ1) is 28.9. The van der Waals surface area contributed by atoms with Crippen LogP contribution in [0.2, 0.25) is 0 Å². The van der Waals surface area contributed by atoms with Crippen molar-refractivity contribution in [2.75, 3.05) is 11.9 Å². The number of ketones is 1. The summed E-state index contributed by atoms with van der Waals surface area (Å²) in [7, 11) is 0. The summed E-state index contributed by atoms with van der Waals surface area (Å²) in [4.78, 5) is 52.6. The van der Waals surface area contributed by atoms with Gasteiger partial charge in [0, 0.05) is 54.0 Å². The minimum Gasteiger partial charge on any atom is -0.337 e. The number of hydrogen-bond donors (Lipinski definition) is 1. The first-order valence-electron chi connectivity index (χ1n) is 13.3. The molecule has 9 nitrogen and oxygen atoms in total. The molecule has 2 atom stereocenters. The number of carbonyl (C=O) groups excluding carboxylic acids is 3. The zero-order valence-corrected chi connectivity index (χ0v) is 23.5. The number of nitrogens with one attached hydrogen (secondary N) is 1. The Kier molecular flexibility index (Phi) is 7.56. The lowest BCUT2D eigenvalue weighted by atomic mass is 10.0. The molecule has 218 valence electrons. The number of anilines is 1. The van der Waals surface area contributed by atoms with Gasteiger partial charge in [-0.25, -0.2) is 19.3 Å². The van der Waals surface area contributed by atoms with Crippen LogP contribution < -0.4 is 5.32 Å². The molecule has 4 heterocycles. The number of halogens is 3. The van der Waals surface area contributed by atoms with Crippen LogP contribution in [0.25, 0.3) is 22.0 Å². The number of aryl methyl sites for hydroxylation is 2. The molecule has 1 fully saturated rings. The Morgan fingerprint density at radius 2 is 1.79 bits per heavy atom. The maximum atomic E-state index is 14.6. The third kappa shape index (κ3) is 5.74. The van der Waals surface area contributed by atoms with Crippen molar-refractivity contribution in [3.63, 3.8) is 0 Å². The first-order chi connectivity index (χ1) is 19.8. The summed E-state index contributed by atoms with van der Waals surface area (Å²) in [6.07, 6.45) is 3.25. The highest BCUT2D eigenvalue weighted by Gasteiger charge is 2.40. The number of Topliss-reactive ketones (excluding diaryl/α,β-unsaturated/α-hetero) is 1. The summed E-state index contributed by atoms with van der Waals surface area (Å²) < 4.78 is 43.8. The van der Waals surface area contributed by atoms with E-state index in [1.807, 2.05) is 12.1 Å². The van der Waals surface area contributed by atoms with Gasteiger partial charge in [0.15, 0.2) is 5.78 Å².